The molecule has 2 aromatic rings. The van der Waals surface area contributed by atoms with Gasteiger partial charge in [0.1, 0.15) is 12.1 Å². The molecule has 0 saturated carbocycles. The predicted octanol–water partition coefficient (Wildman–Crippen LogP) is 3.25. The summed E-state index contributed by atoms with van der Waals surface area (Å²) in [5.74, 6) is -1.64. The standard InChI is InChI=1S/C28H35ClN4O6S/c1-17-14-25(18(2)13-20(17)29)40(37,38)33-23-8-6-5-7-21(23)31-27(35)24(33)16-26(34)30-22(28(36)39-4)15-19-9-11-32(3)12-10-19/h5-8,13-14,19,22,24H,9-12,15-16H2,1-4H3,(H,30,34)(H,31,35)/t22-,24-/m1/s1. The van der Waals surface area contributed by atoms with Gasteiger partial charge >= 0.3 is 5.97 Å². The number of nitrogens with one attached hydrogen (secondary N) is 2. The number of benzene rings is 2. The quantitative estimate of drug-likeness (QED) is 0.452. The lowest BCUT2D eigenvalue weighted by Gasteiger charge is -2.37. The summed E-state index contributed by atoms with van der Waals surface area (Å²) in [4.78, 5) is 41.4. The molecule has 12 heteroatoms. The monoisotopic (exact) mass is 590 g/mol. The molecular weight excluding hydrogens is 556 g/mol. The lowest BCUT2D eigenvalue weighted by molar-refractivity contribution is -0.145. The van der Waals surface area contributed by atoms with Gasteiger partial charge in [-0.2, -0.15) is 0 Å². The minimum atomic E-state index is -4.31. The molecule has 0 unspecified atom stereocenters. The van der Waals surface area contributed by atoms with Crippen LogP contribution in [0.25, 0.3) is 0 Å². The molecule has 2 amide bonds. The first kappa shape index (κ1) is 29.8. The number of anilines is 2. The maximum absolute atomic E-state index is 14.1. The summed E-state index contributed by atoms with van der Waals surface area (Å²) in [5, 5.41) is 5.85. The maximum Gasteiger partial charge on any atom is 0.328 e. The van der Waals surface area contributed by atoms with E-state index in [1.807, 2.05) is 7.05 Å². The molecule has 0 radical (unpaired) electrons. The van der Waals surface area contributed by atoms with Crippen LogP contribution in [0, 0.1) is 19.8 Å². The molecular formula is C28H35ClN4O6S. The Morgan fingerprint density at radius 1 is 1.15 bits per heavy atom. The number of fused-ring (bicyclic) bond motifs is 1. The SMILES string of the molecule is COC(=O)[C@@H](CC1CCN(C)CC1)NC(=O)C[C@@H]1C(=O)Nc2ccccc2N1S(=O)(=O)c1cc(C)c(Cl)cc1C. The molecule has 2 heterocycles. The highest BCUT2D eigenvalue weighted by Crippen LogP contribution is 2.38. The van der Waals surface area contributed by atoms with Crippen molar-refractivity contribution in [2.45, 2.75) is 56.5 Å². The van der Waals surface area contributed by atoms with E-state index in [1.54, 1.807) is 44.2 Å². The Morgan fingerprint density at radius 3 is 2.50 bits per heavy atom. The predicted molar refractivity (Wildman–Crippen MR) is 153 cm³/mol. The summed E-state index contributed by atoms with van der Waals surface area (Å²) in [6, 6.07) is 7.24. The summed E-state index contributed by atoms with van der Waals surface area (Å²) in [7, 11) is -1.02. The van der Waals surface area contributed by atoms with Crippen LogP contribution in [-0.4, -0.2) is 70.4 Å². The van der Waals surface area contributed by atoms with Crippen LogP contribution in [0.15, 0.2) is 41.3 Å². The molecule has 2 atom stereocenters. The zero-order chi connectivity index (χ0) is 29.2. The van der Waals surface area contributed by atoms with Crippen molar-refractivity contribution in [2.24, 2.45) is 5.92 Å². The summed E-state index contributed by atoms with van der Waals surface area (Å²) in [5.41, 5.74) is 1.52. The molecule has 1 saturated heterocycles. The average molecular weight is 591 g/mol. The van der Waals surface area contributed by atoms with Crippen molar-refractivity contribution in [3.05, 3.63) is 52.5 Å². The molecule has 4 rings (SSSR count). The van der Waals surface area contributed by atoms with Gasteiger partial charge in [-0.3, -0.25) is 13.9 Å². The number of methoxy groups -OCH3 is 1. The van der Waals surface area contributed by atoms with Crippen molar-refractivity contribution in [3.63, 3.8) is 0 Å². The van der Waals surface area contributed by atoms with Crippen molar-refractivity contribution in [1.29, 1.82) is 0 Å². The second-order valence-electron chi connectivity index (χ2n) is 10.5. The normalized spacial score (nSPS) is 19.0. The molecule has 0 bridgehead atoms. The molecule has 10 nitrogen and oxygen atoms in total. The van der Waals surface area contributed by atoms with Crippen LogP contribution in [0.2, 0.25) is 5.02 Å². The van der Waals surface area contributed by atoms with Crippen molar-refractivity contribution in [2.75, 3.05) is 36.9 Å². The maximum atomic E-state index is 14.1. The van der Waals surface area contributed by atoms with E-state index in [-0.39, 0.29) is 16.5 Å². The molecule has 1 fully saturated rings. The van der Waals surface area contributed by atoms with Gasteiger partial charge in [0.05, 0.1) is 29.8 Å². The number of carbonyl (C=O) groups excluding carboxylic acids is 3. The third-order valence-corrected chi connectivity index (χ3v) is 9.96. The van der Waals surface area contributed by atoms with Crippen molar-refractivity contribution in [3.8, 4) is 0 Å². The summed E-state index contributed by atoms with van der Waals surface area (Å²) in [6.07, 6.45) is 1.67. The summed E-state index contributed by atoms with van der Waals surface area (Å²) in [6.45, 7) is 5.11. The number of nitrogens with zero attached hydrogens (tertiary/aromatic N) is 2. The third-order valence-electron chi connectivity index (χ3n) is 7.58. The lowest BCUT2D eigenvalue weighted by Crippen LogP contribution is -2.54. The molecule has 40 heavy (non-hydrogen) atoms. The van der Waals surface area contributed by atoms with Crippen molar-refractivity contribution >= 4 is 50.8 Å². The number of ether oxygens (including phenoxy) is 1. The molecule has 216 valence electrons. The molecule has 0 aromatic heterocycles. The second kappa shape index (κ2) is 12.2. The second-order valence-corrected chi connectivity index (χ2v) is 12.7. The first-order valence-electron chi connectivity index (χ1n) is 13.2. The van der Waals surface area contributed by atoms with Gasteiger partial charge < -0.3 is 20.3 Å². The number of esters is 1. The van der Waals surface area contributed by atoms with E-state index in [4.69, 9.17) is 16.3 Å². The summed E-state index contributed by atoms with van der Waals surface area (Å²) < 4.78 is 34.2. The Hall–Kier alpha value is -3.15. The zero-order valence-electron chi connectivity index (χ0n) is 23.1. The Bertz CT molecular complexity index is 1410. The molecule has 0 spiro atoms. The molecule has 2 aromatic carbocycles. The fraction of sp³-hybridized carbons (Fsp3) is 0.464. The number of piperidine rings is 1. The Balaban J connectivity index is 1.64. The van der Waals surface area contributed by atoms with E-state index in [1.165, 1.54) is 13.2 Å². The highest BCUT2D eigenvalue weighted by atomic mass is 35.5. The van der Waals surface area contributed by atoms with Gasteiger partial charge in [-0.05, 0) is 94.6 Å². The van der Waals surface area contributed by atoms with E-state index in [0.29, 0.717) is 28.3 Å². The van der Waals surface area contributed by atoms with Crippen molar-refractivity contribution in [1.82, 2.24) is 10.2 Å². The van der Waals surface area contributed by atoms with Gasteiger partial charge in [-0.25, -0.2) is 13.2 Å². The van der Waals surface area contributed by atoms with E-state index in [2.05, 4.69) is 15.5 Å². The van der Waals surface area contributed by atoms with Gasteiger partial charge in [0.15, 0.2) is 0 Å². The molecule has 2 aliphatic heterocycles. The topological polar surface area (TPSA) is 125 Å². The highest BCUT2D eigenvalue weighted by Gasteiger charge is 2.43. The number of aryl methyl sites for hydroxylation is 2. The number of sulfonamides is 1. The number of carbonyl (C=O) groups is 3. The van der Waals surface area contributed by atoms with Crippen LogP contribution in [0.5, 0.6) is 0 Å². The Kier molecular flexibility index (Phi) is 9.06. The van der Waals surface area contributed by atoms with Crippen LogP contribution in [-0.2, 0) is 29.1 Å². The smallest absolute Gasteiger partial charge is 0.328 e. The van der Waals surface area contributed by atoms with Gasteiger partial charge in [0.25, 0.3) is 10.0 Å². The number of halogens is 1. The van der Waals surface area contributed by atoms with Gasteiger partial charge in [0.2, 0.25) is 11.8 Å². The number of rotatable bonds is 8. The van der Waals surface area contributed by atoms with Gasteiger partial charge in [0, 0.05) is 5.02 Å². The van der Waals surface area contributed by atoms with Crippen LogP contribution >= 0.6 is 11.6 Å². The Labute approximate surface area is 240 Å². The number of hydrogen-bond donors (Lipinski definition) is 2. The first-order chi connectivity index (χ1) is 18.9. The molecule has 0 aliphatic carbocycles. The fourth-order valence-electron chi connectivity index (χ4n) is 5.29. The lowest BCUT2D eigenvalue weighted by atomic mass is 9.90. The third kappa shape index (κ3) is 6.26. The minimum Gasteiger partial charge on any atom is -0.467 e. The highest BCUT2D eigenvalue weighted by molar-refractivity contribution is 7.93. The van der Waals surface area contributed by atoms with Crippen LogP contribution in [0.4, 0.5) is 11.4 Å². The average Bonchev–Trinajstić information content (AvgIpc) is 2.91. The van der Waals surface area contributed by atoms with Crippen molar-refractivity contribution < 1.29 is 27.5 Å². The number of para-hydroxylation sites is 2. The number of likely N-dealkylation sites (tertiary alicyclic amines) is 1. The first-order valence-corrected chi connectivity index (χ1v) is 15.0. The van der Waals surface area contributed by atoms with Gasteiger partial charge in [-0.15, -0.1) is 0 Å². The van der Waals surface area contributed by atoms with E-state index >= 15 is 0 Å². The minimum absolute atomic E-state index is 0.0148. The van der Waals surface area contributed by atoms with Crippen LogP contribution < -0.4 is 14.9 Å². The number of hydrogen-bond acceptors (Lipinski definition) is 7. The largest absolute Gasteiger partial charge is 0.467 e. The summed E-state index contributed by atoms with van der Waals surface area (Å²) >= 11 is 6.22. The van der Waals surface area contributed by atoms with Crippen LogP contribution in [0.3, 0.4) is 0 Å². The van der Waals surface area contributed by atoms with E-state index in [0.717, 1.165) is 30.2 Å². The van der Waals surface area contributed by atoms with Crippen LogP contribution in [0.1, 0.15) is 36.8 Å². The Morgan fingerprint density at radius 2 is 1.82 bits per heavy atom. The fourth-order valence-corrected chi connectivity index (χ4v) is 7.43. The number of amides is 2. The zero-order valence-corrected chi connectivity index (χ0v) is 24.6. The van der Waals surface area contributed by atoms with Gasteiger partial charge in [-0.1, -0.05) is 23.7 Å². The van der Waals surface area contributed by atoms with E-state index in [9.17, 15) is 22.8 Å². The van der Waals surface area contributed by atoms with E-state index < -0.39 is 46.3 Å². The molecule has 2 N–H and O–H groups in total. The molecule has 2 aliphatic rings.